The van der Waals surface area contributed by atoms with Crippen LogP contribution in [-0.4, -0.2) is 58.3 Å². The number of hydrogen-bond donors (Lipinski definition) is 6. The summed E-state index contributed by atoms with van der Waals surface area (Å²) in [4.78, 5) is 51.2. The fourth-order valence-corrected chi connectivity index (χ4v) is 4.00. The smallest absolute Gasteiger partial charge is 0.408 e. The molecule has 216 valence electrons. The average Bonchev–Trinajstić information content (AvgIpc) is 2.95. The van der Waals surface area contributed by atoms with E-state index in [1.165, 1.54) is 19.1 Å². The van der Waals surface area contributed by atoms with Crippen LogP contribution in [0, 0.1) is 0 Å². The Morgan fingerprint density at radius 2 is 1.22 bits per heavy atom. The fraction of sp³-hybridized carbons (Fsp3) is 0.267. The van der Waals surface area contributed by atoms with E-state index < -0.39 is 48.0 Å². The first-order valence-electron chi connectivity index (χ1n) is 13.0. The molecular formula is C30H34N4O7. The predicted molar refractivity (Wildman–Crippen MR) is 150 cm³/mol. The topological polar surface area (TPSA) is 180 Å². The van der Waals surface area contributed by atoms with Gasteiger partial charge in [-0.2, -0.15) is 0 Å². The maximum absolute atomic E-state index is 13.5. The van der Waals surface area contributed by atoms with Gasteiger partial charge in [0.1, 0.15) is 30.5 Å². The quantitative estimate of drug-likeness (QED) is 0.182. The summed E-state index contributed by atoms with van der Waals surface area (Å²) in [5.74, 6) is -2.39. The number of phenolic OH excluding ortho intramolecular Hbond substituents is 1. The molecule has 0 bridgehead atoms. The highest BCUT2D eigenvalue weighted by Gasteiger charge is 2.31. The first-order valence-corrected chi connectivity index (χ1v) is 13.0. The number of amides is 4. The molecule has 0 aliphatic rings. The van der Waals surface area contributed by atoms with Crippen LogP contribution >= 0.6 is 0 Å². The SMILES string of the molecule is CC(O)C(NC(=O)C(Cc1ccc(O)cc1)NC(=O)C(Cc1ccccc1)NC(=O)OCc1ccccc1)C(N)=O. The molecule has 0 saturated heterocycles. The minimum atomic E-state index is -1.40. The van der Waals surface area contributed by atoms with Crippen molar-refractivity contribution in [1.82, 2.24) is 16.0 Å². The monoisotopic (exact) mass is 562 g/mol. The van der Waals surface area contributed by atoms with E-state index >= 15 is 0 Å². The van der Waals surface area contributed by atoms with Gasteiger partial charge in [0.2, 0.25) is 17.7 Å². The number of nitrogens with two attached hydrogens (primary N) is 1. The van der Waals surface area contributed by atoms with E-state index in [9.17, 15) is 29.4 Å². The number of nitrogens with one attached hydrogen (secondary N) is 3. The van der Waals surface area contributed by atoms with Gasteiger partial charge in [-0.05, 0) is 35.7 Å². The number of alkyl carbamates (subject to hydrolysis) is 1. The molecular weight excluding hydrogens is 528 g/mol. The first kappa shape index (κ1) is 30.6. The third-order valence-electron chi connectivity index (χ3n) is 6.20. The van der Waals surface area contributed by atoms with Crippen LogP contribution in [0.4, 0.5) is 4.79 Å². The Balaban J connectivity index is 1.80. The van der Waals surface area contributed by atoms with E-state index in [4.69, 9.17) is 10.5 Å². The minimum absolute atomic E-state index is 0.00785. The molecule has 4 unspecified atom stereocenters. The lowest BCUT2D eigenvalue weighted by Crippen LogP contribution is -2.59. The molecule has 0 aliphatic heterocycles. The fourth-order valence-electron chi connectivity index (χ4n) is 4.00. The van der Waals surface area contributed by atoms with Gasteiger partial charge in [-0.3, -0.25) is 14.4 Å². The second kappa shape index (κ2) is 15.0. The summed E-state index contributed by atoms with van der Waals surface area (Å²) in [6, 6.07) is 20.3. The van der Waals surface area contributed by atoms with E-state index in [-0.39, 0.29) is 25.2 Å². The van der Waals surface area contributed by atoms with E-state index in [2.05, 4.69) is 16.0 Å². The highest BCUT2D eigenvalue weighted by atomic mass is 16.5. The Labute approximate surface area is 237 Å². The Hall–Kier alpha value is -4.90. The summed E-state index contributed by atoms with van der Waals surface area (Å²) in [6.45, 7) is 1.29. The third-order valence-corrected chi connectivity index (χ3v) is 6.20. The number of benzene rings is 3. The number of aromatic hydroxyl groups is 1. The van der Waals surface area contributed by atoms with E-state index in [0.29, 0.717) is 5.56 Å². The molecule has 7 N–H and O–H groups in total. The third kappa shape index (κ3) is 9.97. The minimum Gasteiger partial charge on any atom is -0.508 e. The lowest BCUT2D eigenvalue weighted by atomic mass is 10.0. The van der Waals surface area contributed by atoms with Gasteiger partial charge < -0.3 is 36.6 Å². The zero-order valence-electron chi connectivity index (χ0n) is 22.5. The average molecular weight is 563 g/mol. The molecule has 4 atom stereocenters. The Kier molecular flexibility index (Phi) is 11.2. The first-order chi connectivity index (χ1) is 19.6. The Bertz CT molecular complexity index is 1300. The molecule has 4 amide bonds. The van der Waals surface area contributed by atoms with Crippen molar-refractivity contribution in [3.8, 4) is 5.75 Å². The van der Waals surface area contributed by atoms with Gasteiger partial charge >= 0.3 is 6.09 Å². The molecule has 3 aromatic carbocycles. The van der Waals surface area contributed by atoms with Crippen molar-refractivity contribution in [2.75, 3.05) is 0 Å². The molecule has 41 heavy (non-hydrogen) atoms. The second-order valence-electron chi connectivity index (χ2n) is 9.51. The molecule has 0 heterocycles. The molecule has 3 aromatic rings. The van der Waals surface area contributed by atoms with Crippen LogP contribution in [-0.2, 0) is 38.6 Å². The molecule has 0 spiro atoms. The molecule has 11 heteroatoms. The van der Waals surface area contributed by atoms with Crippen molar-refractivity contribution in [2.24, 2.45) is 5.73 Å². The van der Waals surface area contributed by atoms with Crippen LogP contribution in [0.15, 0.2) is 84.9 Å². The second-order valence-corrected chi connectivity index (χ2v) is 9.51. The number of ether oxygens (including phenoxy) is 1. The molecule has 11 nitrogen and oxygen atoms in total. The maximum Gasteiger partial charge on any atom is 0.408 e. The lowest BCUT2D eigenvalue weighted by molar-refractivity contribution is -0.133. The van der Waals surface area contributed by atoms with Crippen LogP contribution in [0.5, 0.6) is 5.75 Å². The number of carbonyl (C=O) groups excluding carboxylic acids is 4. The van der Waals surface area contributed by atoms with Gasteiger partial charge in [-0.15, -0.1) is 0 Å². The Morgan fingerprint density at radius 1 is 0.732 bits per heavy atom. The molecule has 3 rings (SSSR count). The van der Waals surface area contributed by atoms with Crippen molar-refractivity contribution in [2.45, 2.75) is 50.6 Å². The number of rotatable bonds is 13. The van der Waals surface area contributed by atoms with Crippen LogP contribution in [0.1, 0.15) is 23.6 Å². The number of phenols is 1. The zero-order chi connectivity index (χ0) is 29.8. The summed E-state index contributed by atoms with van der Waals surface area (Å²) >= 11 is 0. The van der Waals surface area contributed by atoms with E-state index in [1.54, 1.807) is 48.5 Å². The highest BCUT2D eigenvalue weighted by Crippen LogP contribution is 2.13. The van der Waals surface area contributed by atoms with Crippen LogP contribution in [0.25, 0.3) is 0 Å². The number of primary amides is 1. The van der Waals surface area contributed by atoms with Gasteiger partial charge in [-0.1, -0.05) is 72.8 Å². The molecule has 0 aromatic heterocycles. The summed E-state index contributed by atoms with van der Waals surface area (Å²) in [7, 11) is 0. The number of hydrogen-bond acceptors (Lipinski definition) is 7. The van der Waals surface area contributed by atoms with Crippen molar-refractivity contribution < 1.29 is 34.1 Å². The normalized spacial score (nSPS) is 13.6. The van der Waals surface area contributed by atoms with Crippen molar-refractivity contribution in [3.05, 3.63) is 102 Å². The van der Waals surface area contributed by atoms with Crippen molar-refractivity contribution >= 4 is 23.8 Å². The van der Waals surface area contributed by atoms with Gasteiger partial charge in [0.25, 0.3) is 0 Å². The van der Waals surface area contributed by atoms with Crippen LogP contribution in [0.2, 0.25) is 0 Å². The number of carbonyl (C=O) groups is 4. The van der Waals surface area contributed by atoms with Gasteiger partial charge in [0.15, 0.2) is 0 Å². The molecule has 0 saturated carbocycles. The summed E-state index contributed by atoms with van der Waals surface area (Å²) in [5, 5.41) is 27.1. The molecule has 0 fully saturated rings. The largest absolute Gasteiger partial charge is 0.508 e. The number of aliphatic hydroxyl groups excluding tert-OH is 1. The standard InChI is InChI=1S/C30H34N4O7/c1-19(35)26(27(31)37)34-29(39)24(17-21-12-14-23(36)15-13-21)32-28(38)25(16-20-8-4-2-5-9-20)33-30(40)41-18-22-10-6-3-7-11-22/h2-15,19,24-26,35-36H,16-18H2,1H3,(H2,31,37)(H,32,38)(H,33,40)(H,34,39). The maximum atomic E-state index is 13.5. The Morgan fingerprint density at radius 3 is 1.76 bits per heavy atom. The lowest BCUT2D eigenvalue weighted by Gasteiger charge is -2.25. The van der Waals surface area contributed by atoms with Crippen molar-refractivity contribution in [1.29, 1.82) is 0 Å². The van der Waals surface area contributed by atoms with E-state index in [1.807, 2.05) is 24.3 Å². The van der Waals surface area contributed by atoms with Crippen LogP contribution in [0.3, 0.4) is 0 Å². The predicted octanol–water partition coefficient (Wildman–Crippen LogP) is 1.31. The van der Waals surface area contributed by atoms with Crippen LogP contribution < -0.4 is 21.7 Å². The zero-order valence-corrected chi connectivity index (χ0v) is 22.5. The summed E-state index contributed by atoms with van der Waals surface area (Å²) < 4.78 is 5.30. The summed E-state index contributed by atoms with van der Waals surface area (Å²) in [6.07, 6.45) is -2.04. The van der Waals surface area contributed by atoms with Gasteiger partial charge in [-0.25, -0.2) is 4.79 Å². The van der Waals surface area contributed by atoms with E-state index in [0.717, 1.165) is 11.1 Å². The van der Waals surface area contributed by atoms with Gasteiger partial charge in [0.05, 0.1) is 6.10 Å². The number of aliphatic hydroxyl groups is 1. The highest BCUT2D eigenvalue weighted by molar-refractivity contribution is 5.94. The molecule has 0 radical (unpaired) electrons. The van der Waals surface area contributed by atoms with Gasteiger partial charge in [0, 0.05) is 12.8 Å². The summed E-state index contributed by atoms with van der Waals surface area (Å²) in [5.41, 5.74) is 7.43. The molecule has 0 aliphatic carbocycles. The van der Waals surface area contributed by atoms with Crippen molar-refractivity contribution in [3.63, 3.8) is 0 Å².